The predicted octanol–water partition coefficient (Wildman–Crippen LogP) is 5.45. The summed E-state index contributed by atoms with van der Waals surface area (Å²) in [6, 6.07) is 14.1. The van der Waals surface area contributed by atoms with Gasteiger partial charge in [0.05, 0.1) is 22.2 Å². The van der Waals surface area contributed by atoms with Crippen molar-refractivity contribution in [2.45, 2.75) is 18.6 Å². The van der Waals surface area contributed by atoms with Crippen molar-refractivity contribution in [1.29, 1.82) is 0 Å². The number of aromatic nitrogens is 1. The van der Waals surface area contributed by atoms with E-state index in [1.165, 1.54) is 11.3 Å². The molecule has 0 bridgehead atoms. The minimum absolute atomic E-state index is 0.0221. The molecule has 3 aromatic rings. The Morgan fingerprint density at radius 2 is 1.86 bits per heavy atom. The van der Waals surface area contributed by atoms with Crippen LogP contribution in [-0.2, 0) is 20.4 Å². The van der Waals surface area contributed by atoms with Crippen molar-refractivity contribution in [2.75, 3.05) is 11.1 Å². The number of rotatable bonds is 8. The van der Waals surface area contributed by atoms with E-state index in [2.05, 4.69) is 10.3 Å². The minimum Gasteiger partial charge on any atom is -0.302 e. The van der Waals surface area contributed by atoms with Gasteiger partial charge in [-0.3, -0.25) is 4.79 Å². The number of nitrogens with one attached hydrogen (secondary N) is 1. The van der Waals surface area contributed by atoms with Crippen molar-refractivity contribution in [2.24, 2.45) is 0 Å². The van der Waals surface area contributed by atoms with Crippen LogP contribution in [0.4, 0.5) is 5.13 Å². The van der Waals surface area contributed by atoms with Crippen molar-refractivity contribution in [3.05, 3.63) is 69.5 Å². The SMILES string of the molecule is O=C(CCCS(=O)(=O)Cc1ccccc1)Nc1nc(-c2cc(Cl)ccc2Cl)cs1. The minimum atomic E-state index is -3.26. The van der Waals surface area contributed by atoms with Gasteiger partial charge in [0.25, 0.3) is 0 Å². The van der Waals surface area contributed by atoms with Gasteiger partial charge < -0.3 is 5.32 Å². The lowest BCUT2D eigenvalue weighted by Crippen LogP contribution is -2.15. The van der Waals surface area contributed by atoms with E-state index in [0.717, 1.165) is 5.56 Å². The van der Waals surface area contributed by atoms with Crippen molar-refractivity contribution in [3.8, 4) is 11.3 Å². The Morgan fingerprint density at radius 3 is 2.62 bits per heavy atom. The fourth-order valence-electron chi connectivity index (χ4n) is 2.68. The standard InChI is InChI=1S/C20H18Cl2N2O3S2/c21-15-8-9-17(22)16(11-15)18-12-28-20(23-18)24-19(25)7-4-10-29(26,27)13-14-5-2-1-3-6-14/h1-3,5-6,8-9,11-12H,4,7,10,13H2,(H,23,24,25). The molecule has 3 rings (SSSR count). The summed E-state index contributed by atoms with van der Waals surface area (Å²) in [7, 11) is -3.26. The normalized spacial score (nSPS) is 11.4. The van der Waals surface area contributed by atoms with Gasteiger partial charge in [-0.25, -0.2) is 13.4 Å². The molecule has 2 aromatic carbocycles. The summed E-state index contributed by atoms with van der Waals surface area (Å²) < 4.78 is 24.4. The average molecular weight is 469 g/mol. The number of carbonyl (C=O) groups excluding carboxylic acids is 1. The summed E-state index contributed by atoms with van der Waals surface area (Å²) in [6.07, 6.45) is 0.347. The van der Waals surface area contributed by atoms with Gasteiger partial charge in [0.15, 0.2) is 15.0 Å². The van der Waals surface area contributed by atoms with Crippen molar-refractivity contribution in [1.82, 2.24) is 4.98 Å². The number of carbonyl (C=O) groups is 1. The second-order valence-corrected chi connectivity index (χ2v) is 10.3. The molecule has 0 aliphatic rings. The average Bonchev–Trinajstić information content (AvgIpc) is 3.12. The van der Waals surface area contributed by atoms with E-state index < -0.39 is 9.84 Å². The number of anilines is 1. The summed E-state index contributed by atoms with van der Waals surface area (Å²) in [5.74, 6) is -0.347. The van der Waals surface area contributed by atoms with Gasteiger partial charge in [-0.05, 0) is 30.2 Å². The molecule has 0 radical (unpaired) electrons. The first-order valence-corrected chi connectivity index (χ1v) is 12.2. The van der Waals surface area contributed by atoms with Gasteiger partial charge in [-0.1, -0.05) is 53.5 Å². The highest BCUT2D eigenvalue weighted by molar-refractivity contribution is 7.90. The smallest absolute Gasteiger partial charge is 0.226 e. The van der Waals surface area contributed by atoms with E-state index in [9.17, 15) is 13.2 Å². The van der Waals surface area contributed by atoms with E-state index in [4.69, 9.17) is 23.2 Å². The van der Waals surface area contributed by atoms with Gasteiger partial charge in [-0.15, -0.1) is 11.3 Å². The number of benzene rings is 2. The Labute approximate surface area is 183 Å². The third-order valence-corrected chi connectivity index (χ3v) is 7.05. The number of amides is 1. The second-order valence-electron chi connectivity index (χ2n) is 6.39. The first-order valence-electron chi connectivity index (χ1n) is 8.77. The van der Waals surface area contributed by atoms with Crippen molar-refractivity contribution < 1.29 is 13.2 Å². The van der Waals surface area contributed by atoms with E-state index in [1.54, 1.807) is 47.8 Å². The van der Waals surface area contributed by atoms with Crippen LogP contribution in [0.15, 0.2) is 53.9 Å². The van der Waals surface area contributed by atoms with Crippen LogP contribution >= 0.6 is 34.5 Å². The van der Waals surface area contributed by atoms with Gasteiger partial charge in [-0.2, -0.15) is 0 Å². The number of halogens is 2. The van der Waals surface area contributed by atoms with E-state index in [0.29, 0.717) is 26.4 Å². The zero-order chi connectivity index (χ0) is 20.9. The largest absolute Gasteiger partial charge is 0.302 e. The number of hydrogen-bond acceptors (Lipinski definition) is 5. The summed E-state index contributed by atoms with van der Waals surface area (Å²) in [6.45, 7) is 0. The molecule has 0 aliphatic carbocycles. The topological polar surface area (TPSA) is 76.1 Å². The predicted molar refractivity (Wildman–Crippen MR) is 119 cm³/mol. The molecule has 0 unspecified atom stereocenters. The van der Waals surface area contributed by atoms with E-state index >= 15 is 0 Å². The molecule has 0 saturated heterocycles. The second kappa shape index (κ2) is 9.71. The van der Waals surface area contributed by atoms with Crippen LogP contribution in [0.25, 0.3) is 11.3 Å². The van der Waals surface area contributed by atoms with Gasteiger partial charge in [0.1, 0.15) is 0 Å². The number of sulfone groups is 1. The highest BCUT2D eigenvalue weighted by Gasteiger charge is 2.14. The molecule has 0 spiro atoms. The van der Waals surface area contributed by atoms with Crippen LogP contribution in [0.2, 0.25) is 10.0 Å². The molecule has 1 N–H and O–H groups in total. The van der Waals surface area contributed by atoms with Crippen LogP contribution in [0.1, 0.15) is 18.4 Å². The van der Waals surface area contributed by atoms with Crippen LogP contribution < -0.4 is 5.32 Å². The molecule has 9 heteroatoms. The summed E-state index contributed by atoms with van der Waals surface area (Å²) in [5.41, 5.74) is 2.04. The Balaban J connectivity index is 1.51. The molecule has 1 heterocycles. The molecule has 152 valence electrons. The number of thiazole rings is 1. The lowest BCUT2D eigenvalue weighted by Gasteiger charge is -2.05. The van der Waals surface area contributed by atoms with Crippen LogP contribution in [0.3, 0.4) is 0 Å². The summed E-state index contributed by atoms with van der Waals surface area (Å²) >= 11 is 13.4. The Hall–Kier alpha value is -1.93. The number of hydrogen-bond donors (Lipinski definition) is 1. The van der Waals surface area contributed by atoms with Crippen molar-refractivity contribution >= 4 is 55.4 Å². The molecule has 1 aromatic heterocycles. The van der Waals surface area contributed by atoms with Gasteiger partial charge in [0.2, 0.25) is 5.91 Å². The van der Waals surface area contributed by atoms with Gasteiger partial charge >= 0.3 is 0 Å². The quantitative estimate of drug-likeness (QED) is 0.476. The number of nitrogens with zero attached hydrogens (tertiary/aromatic N) is 1. The van der Waals surface area contributed by atoms with E-state index in [-0.39, 0.29) is 30.3 Å². The fraction of sp³-hybridized carbons (Fsp3) is 0.200. The molecule has 0 aliphatic heterocycles. The Kier molecular flexibility index (Phi) is 7.29. The zero-order valence-corrected chi connectivity index (χ0v) is 18.4. The molecular weight excluding hydrogens is 451 g/mol. The zero-order valence-electron chi connectivity index (χ0n) is 15.3. The fourth-order valence-corrected chi connectivity index (χ4v) is 5.23. The highest BCUT2D eigenvalue weighted by Crippen LogP contribution is 2.32. The highest BCUT2D eigenvalue weighted by atomic mass is 35.5. The molecule has 1 amide bonds. The Bertz CT molecular complexity index is 1100. The lowest BCUT2D eigenvalue weighted by atomic mass is 10.2. The third kappa shape index (κ3) is 6.54. The molecular formula is C20H18Cl2N2O3S2. The maximum atomic E-state index is 12.2. The molecule has 5 nitrogen and oxygen atoms in total. The molecule has 0 fully saturated rings. The lowest BCUT2D eigenvalue weighted by molar-refractivity contribution is -0.116. The molecule has 29 heavy (non-hydrogen) atoms. The van der Waals surface area contributed by atoms with Crippen LogP contribution in [-0.4, -0.2) is 25.1 Å². The van der Waals surface area contributed by atoms with Crippen molar-refractivity contribution in [3.63, 3.8) is 0 Å². The van der Waals surface area contributed by atoms with E-state index in [1.807, 2.05) is 6.07 Å². The van der Waals surface area contributed by atoms with Crippen LogP contribution in [0.5, 0.6) is 0 Å². The third-order valence-electron chi connectivity index (χ3n) is 4.04. The van der Waals surface area contributed by atoms with Gasteiger partial charge in [0, 0.05) is 22.4 Å². The maximum Gasteiger partial charge on any atom is 0.226 e. The maximum absolute atomic E-state index is 12.2. The Morgan fingerprint density at radius 1 is 1.10 bits per heavy atom. The first-order chi connectivity index (χ1) is 13.8. The molecule has 0 atom stereocenters. The molecule has 0 saturated carbocycles. The monoisotopic (exact) mass is 468 g/mol. The summed E-state index contributed by atoms with van der Waals surface area (Å²) in [4.78, 5) is 16.5. The first kappa shape index (κ1) is 21.8. The summed E-state index contributed by atoms with van der Waals surface area (Å²) in [5, 5.41) is 5.96. The van der Waals surface area contributed by atoms with Crippen LogP contribution in [0, 0.1) is 0 Å².